The van der Waals surface area contributed by atoms with Crippen molar-refractivity contribution in [3.63, 3.8) is 0 Å². The van der Waals surface area contributed by atoms with Gasteiger partial charge in [-0.05, 0) is 27.7 Å². The molecule has 0 radical (unpaired) electrons. The summed E-state index contributed by atoms with van der Waals surface area (Å²) < 4.78 is 23.5. The fourth-order valence-corrected chi connectivity index (χ4v) is 2.13. The molecule has 1 amide bonds. The van der Waals surface area contributed by atoms with Crippen LogP contribution in [-0.4, -0.2) is 42.3 Å². The van der Waals surface area contributed by atoms with E-state index in [0.717, 1.165) is 0 Å². The van der Waals surface area contributed by atoms with Crippen LogP contribution in [0.25, 0.3) is 0 Å². The highest BCUT2D eigenvalue weighted by Gasteiger charge is 2.25. The molecule has 0 saturated heterocycles. The molecular weight excluding hydrogens is 296 g/mol. The summed E-state index contributed by atoms with van der Waals surface area (Å²) >= 11 is 5.88. The number of pyridine rings is 1. The lowest BCUT2D eigenvalue weighted by Crippen LogP contribution is -2.43. The number of ether oxygens (including phenoxy) is 3. The minimum atomic E-state index is -0.596. The monoisotopic (exact) mass is 317 g/mol. The van der Waals surface area contributed by atoms with Crippen LogP contribution in [0.1, 0.15) is 29.1 Å². The van der Waals surface area contributed by atoms with Gasteiger partial charge in [0.2, 0.25) is 5.75 Å². The molecule has 1 aromatic rings. The van der Waals surface area contributed by atoms with Crippen LogP contribution in [0, 0.1) is 0 Å². The predicted octanol–water partition coefficient (Wildman–Crippen LogP) is 3.37. The van der Waals surface area contributed by atoms with Gasteiger partial charge in [-0.2, -0.15) is 4.98 Å². The highest BCUT2D eigenvalue weighted by Crippen LogP contribution is 2.37. The maximum Gasteiger partial charge on any atom is 0.415 e. The summed E-state index contributed by atoms with van der Waals surface area (Å²) in [6.45, 7) is 7.50. The van der Waals surface area contributed by atoms with E-state index in [1.165, 1.54) is 14.2 Å². The van der Waals surface area contributed by atoms with E-state index in [1.807, 2.05) is 27.7 Å². The standard InChI is InChI=1S/C14H21ClN2O4/c1-8(2)17(9(3)4)14(18)21-10-7-11(15)16-13(20-6)12(10)19-5/h7-9H,1-6H3/i7D. The SMILES string of the molecule is [2H]c1c(Cl)nc(OC)c(OC)c1OC(=O)N(C(C)C)C(C)C. The van der Waals surface area contributed by atoms with E-state index in [-0.39, 0.29) is 40.7 Å². The van der Waals surface area contributed by atoms with Gasteiger partial charge in [0.1, 0.15) is 5.15 Å². The lowest BCUT2D eigenvalue weighted by atomic mass is 10.2. The Morgan fingerprint density at radius 2 is 1.86 bits per heavy atom. The van der Waals surface area contributed by atoms with E-state index in [1.54, 1.807) is 4.90 Å². The van der Waals surface area contributed by atoms with Crippen LogP contribution in [-0.2, 0) is 0 Å². The van der Waals surface area contributed by atoms with Gasteiger partial charge < -0.3 is 19.1 Å². The topological polar surface area (TPSA) is 60.9 Å². The van der Waals surface area contributed by atoms with Crippen molar-refractivity contribution >= 4 is 17.7 Å². The summed E-state index contributed by atoms with van der Waals surface area (Å²) in [6, 6.07) is -0.362. The van der Waals surface area contributed by atoms with Crippen molar-refractivity contribution in [2.75, 3.05) is 14.2 Å². The van der Waals surface area contributed by atoms with Gasteiger partial charge in [-0.1, -0.05) is 11.6 Å². The number of halogens is 1. The average Bonchev–Trinajstić information content (AvgIpc) is 2.42. The van der Waals surface area contributed by atoms with Gasteiger partial charge in [0.05, 0.1) is 15.6 Å². The molecule has 0 aliphatic heterocycles. The van der Waals surface area contributed by atoms with E-state index >= 15 is 0 Å². The van der Waals surface area contributed by atoms with Crippen molar-refractivity contribution < 1.29 is 20.4 Å². The highest BCUT2D eigenvalue weighted by atomic mass is 35.5. The summed E-state index contributed by atoms with van der Waals surface area (Å²) in [4.78, 5) is 17.8. The van der Waals surface area contributed by atoms with Gasteiger partial charge in [-0.25, -0.2) is 4.79 Å². The molecule has 0 atom stereocenters. The van der Waals surface area contributed by atoms with Crippen molar-refractivity contribution in [3.05, 3.63) is 11.2 Å². The van der Waals surface area contributed by atoms with E-state index < -0.39 is 6.09 Å². The Kier molecular flexibility index (Phi) is 5.50. The number of carbonyl (C=O) groups excluding carboxylic acids is 1. The molecule has 1 aromatic heterocycles. The second-order valence-electron chi connectivity index (χ2n) is 4.86. The second kappa shape index (κ2) is 7.36. The van der Waals surface area contributed by atoms with Gasteiger partial charge in [0.25, 0.3) is 5.88 Å². The number of carbonyl (C=O) groups is 1. The quantitative estimate of drug-likeness (QED) is 0.779. The zero-order valence-electron chi connectivity index (χ0n) is 14.1. The Hall–Kier alpha value is -1.69. The van der Waals surface area contributed by atoms with Crippen molar-refractivity contribution in [2.24, 2.45) is 0 Å². The van der Waals surface area contributed by atoms with E-state index in [9.17, 15) is 4.79 Å². The largest absolute Gasteiger partial charge is 0.489 e. The number of amides is 1. The molecule has 21 heavy (non-hydrogen) atoms. The number of rotatable bonds is 5. The summed E-state index contributed by atoms with van der Waals surface area (Å²) in [5, 5.41) is -0.138. The molecule has 1 rings (SSSR count). The Morgan fingerprint density at radius 1 is 1.29 bits per heavy atom. The van der Waals surface area contributed by atoms with E-state index in [2.05, 4.69) is 4.98 Å². The molecule has 118 valence electrons. The average molecular weight is 318 g/mol. The van der Waals surface area contributed by atoms with Crippen LogP contribution in [0.4, 0.5) is 4.79 Å². The summed E-state index contributed by atoms with van der Waals surface area (Å²) in [7, 11) is 2.75. The van der Waals surface area contributed by atoms with Crippen molar-refractivity contribution in [3.8, 4) is 17.4 Å². The number of methoxy groups -OCH3 is 2. The number of nitrogens with zero attached hydrogens (tertiary/aromatic N) is 2. The summed E-state index contributed by atoms with van der Waals surface area (Å²) in [5.74, 6) is -0.0136. The maximum absolute atomic E-state index is 12.4. The first kappa shape index (κ1) is 15.7. The fraction of sp³-hybridized carbons (Fsp3) is 0.571. The molecule has 0 fully saturated rings. The van der Waals surface area contributed by atoms with Crippen molar-refractivity contribution in [2.45, 2.75) is 39.8 Å². The molecule has 0 aliphatic rings. The number of aromatic nitrogens is 1. The van der Waals surface area contributed by atoms with Crippen LogP contribution >= 0.6 is 11.6 Å². The molecule has 0 saturated carbocycles. The maximum atomic E-state index is 12.4. The van der Waals surface area contributed by atoms with Gasteiger partial charge in [0, 0.05) is 18.1 Å². The smallest absolute Gasteiger partial charge is 0.415 e. The molecule has 7 heteroatoms. The summed E-state index contributed by atoms with van der Waals surface area (Å²) in [6.07, 6.45) is -0.596. The van der Waals surface area contributed by atoms with Gasteiger partial charge in [0.15, 0.2) is 5.75 Å². The molecule has 0 unspecified atom stereocenters. The molecular formula is C14H21ClN2O4. The van der Waals surface area contributed by atoms with Gasteiger partial charge >= 0.3 is 6.09 Å². The molecule has 0 bridgehead atoms. The molecule has 0 spiro atoms. The number of hydrogen-bond acceptors (Lipinski definition) is 5. The van der Waals surface area contributed by atoms with Gasteiger partial charge in [-0.15, -0.1) is 0 Å². The van der Waals surface area contributed by atoms with Crippen LogP contribution in [0.15, 0.2) is 6.04 Å². The fourth-order valence-electron chi connectivity index (χ4n) is 1.96. The Labute approximate surface area is 131 Å². The van der Waals surface area contributed by atoms with E-state index in [0.29, 0.717) is 0 Å². The highest BCUT2D eigenvalue weighted by molar-refractivity contribution is 6.29. The summed E-state index contributed by atoms with van der Waals surface area (Å²) in [5.41, 5.74) is 0. The minimum Gasteiger partial charge on any atom is -0.489 e. The Morgan fingerprint density at radius 3 is 2.29 bits per heavy atom. The normalized spacial score (nSPS) is 11.4. The molecule has 1 heterocycles. The lowest BCUT2D eigenvalue weighted by molar-refractivity contribution is 0.121. The lowest BCUT2D eigenvalue weighted by Gasteiger charge is -2.29. The zero-order valence-corrected chi connectivity index (χ0v) is 13.8. The molecule has 0 aromatic carbocycles. The van der Waals surface area contributed by atoms with E-state index in [4.69, 9.17) is 27.2 Å². The van der Waals surface area contributed by atoms with Crippen LogP contribution in [0.5, 0.6) is 17.4 Å². The minimum absolute atomic E-state index is 0.0481. The third-order valence-corrected chi connectivity index (χ3v) is 2.91. The zero-order chi connectivity index (χ0) is 17.0. The van der Waals surface area contributed by atoms with Crippen LogP contribution in [0.3, 0.4) is 0 Å². The third-order valence-electron chi connectivity index (χ3n) is 2.73. The second-order valence-corrected chi connectivity index (χ2v) is 5.22. The third kappa shape index (κ3) is 4.14. The first-order chi connectivity index (χ1) is 10.2. The molecule has 0 N–H and O–H groups in total. The first-order valence-electron chi connectivity index (χ1n) is 7.02. The number of hydrogen-bond donors (Lipinski definition) is 0. The Bertz CT molecular complexity index is 544. The van der Waals surface area contributed by atoms with Gasteiger partial charge in [-0.3, -0.25) is 0 Å². The van der Waals surface area contributed by atoms with Crippen molar-refractivity contribution in [1.82, 2.24) is 9.88 Å². The van der Waals surface area contributed by atoms with Crippen molar-refractivity contribution in [1.29, 1.82) is 0 Å². The molecule has 0 aliphatic carbocycles. The Balaban J connectivity index is 3.27. The first-order valence-corrected chi connectivity index (χ1v) is 6.90. The molecule has 6 nitrogen and oxygen atoms in total. The van der Waals surface area contributed by atoms with Crippen LogP contribution < -0.4 is 14.2 Å². The van der Waals surface area contributed by atoms with Crippen LogP contribution in [0.2, 0.25) is 5.15 Å². The predicted molar refractivity (Wildman–Crippen MR) is 80.5 cm³/mol.